The maximum absolute atomic E-state index is 2.72. The molecule has 3 rings (SSSR count). The average Bonchev–Trinajstić information content (AvgIpc) is 2.40. The zero-order chi connectivity index (χ0) is 13.2. The molecule has 2 fully saturated rings. The molecule has 2 aliphatic heterocycles. The monoisotopic (exact) mass is 258 g/mol. The number of aryl methyl sites for hydroxylation is 1. The van der Waals surface area contributed by atoms with Crippen molar-refractivity contribution in [3.8, 4) is 0 Å². The number of hydrogen-bond acceptors (Lipinski definition) is 2. The second-order valence-corrected chi connectivity index (χ2v) is 6.41. The molecule has 2 heteroatoms. The molecule has 2 atom stereocenters. The first-order valence-electron chi connectivity index (χ1n) is 7.76. The standard InChI is InChI=1S/C17H26N2/c1-14-6-5-7-16(10-14)12-19-13-17-8-3-4-9-18(17)11-15(19)2/h5-7,10,15,17H,3-4,8-9,11-13H2,1-2H3. The van der Waals surface area contributed by atoms with Gasteiger partial charge in [0.2, 0.25) is 0 Å². The number of hydrogen-bond donors (Lipinski definition) is 0. The molecule has 19 heavy (non-hydrogen) atoms. The van der Waals surface area contributed by atoms with Crippen LogP contribution in [-0.4, -0.2) is 41.5 Å². The van der Waals surface area contributed by atoms with Gasteiger partial charge in [0.25, 0.3) is 0 Å². The number of fused-ring (bicyclic) bond motifs is 1. The predicted octanol–water partition coefficient (Wildman–Crippen LogP) is 3.05. The molecule has 0 aromatic heterocycles. The minimum atomic E-state index is 0.690. The third-order valence-corrected chi connectivity index (χ3v) is 4.78. The Morgan fingerprint density at radius 1 is 1.21 bits per heavy atom. The van der Waals surface area contributed by atoms with E-state index in [-0.39, 0.29) is 0 Å². The maximum Gasteiger partial charge on any atom is 0.0237 e. The Labute approximate surface area is 117 Å². The lowest BCUT2D eigenvalue weighted by molar-refractivity contribution is 0.0111. The first-order chi connectivity index (χ1) is 9.22. The van der Waals surface area contributed by atoms with Gasteiger partial charge in [0.1, 0.15) is 0 Å². The summed E-state index contributed by atoms with van der Waals surface area (Å²) >= 11 is 0. The predicted molar refractivity (Wildman–Crippen MR) is 80.3 cm³/mol. The number of benzene rings is 1. The SMILES string of the molecule is Cc1cccc(CN2CC3CCCCN3CC2C)c1. The van der Waals surface area contributed by atoms with Crippen LogP contribution in [0.15, 0.2) is 24.3 Å². The molecule has 0 N–H and O–H groups in total. The van der Waals surface area contributed by atoms with Crippen LogP contribution in [0.5, 0.6) is 0 Å². The Kier molecular flexibility index (Phi) is 3.90. The van der Waals surface area contributed by atoms with Crippen molar-refractivity contribution in [2.24, 2.45) is 0 Å². The lowest BCUT2D eigenvalue weighted by Crippen LogP contribution is -2.58. The van der Waals surface area contributed by atoms with E-state index in [0.29, 0.717) is 6.04 Å². The Hall–Kier alpha value is -0.860. The van der Waals surface area contributed by atoms with Gasteiger partial charge in [-0.3, -0.25) is 9.80 Å². The van der Waals surface area contributed by atoms with Crippen LogP contribution in [0.25, 0.3) is 0 Å². The van der Waals surface area contributed by atoms with Gasteiger partial charge in [-0.1, -0.05) is 36.2 Å². The highest BCUT2D eigenvalue weighted by Gasteiger charge is 2.32. The highest BCUT2D eigenvalue weighted by Crippen LogP contribution is 2.25. The normalized spacial score (nSPS) is 29.2. The van der Waals surface area contributed by atoms with Crippen molar-refractivity contribution in [3.05, 3.63) is 35.4 Å². The number of piperidine rings is 1. The van der Waals surface area contributed by atoms with E-state index in [1.54, 1.807) is 0 Å². The highest BCUT2D eigenvalue weighted by atomic mass is 15.3. The van der Waals surface area contributed by atoms with Crippen LogP contribution < -0.4 is 0 Å². The molecule has 0 aliphatic carbocycles. The van der Waals surface area contributed by atoms with Gasteiger partial charge >= 0.3 is 0 Å². The molecule has 1 aromatic carbocycles. The molecule has 104 valence electrons. The molecule has 2 saturated heterocycles. The first-order valence-corrected chi connectivity index (χ1v) is 7.76. The van der Waals surface area contributed by atoms with Gasteiger partial charge in [0.15, 0.2) is 0 Å². The molecule has 0 bridgehead atoms. The summed E-state index contributed by atoms with van der Waals surface area (Å²) in [5, 5.41) is 0. The van der Waals surface area contributed by atoms with Crippen molar-refractivity contribution in [3.63, 3.8) is 0 Å². The van der Waals surface area contributed by atoms with Crippen LogP contribution in [-0.2, 0) is 6.54 Å². The van der Waals surface area contributed by atoms with Gasteiger partial charge in [-0.2, -0.15) is 0 Å². The van der Waals surface area contributed by atoms with E-state index in [9.17, 15) is 0 Å². The summed E-state index contributed by atoms with van der Waals surface area (Å²) in [6.07, 6.45) is 4.23. The van der Waals surface area contributed by atoms with E-state index in [0.717, 1.165) is 12.6 Å². The van der Waals surface area contributed by atoms with E-state index in [2.05, 4.69) is 47.9 Å². The minimum Gasteiger partial charge on any atom is -0.298 e. The smallest absolute Gasteiger partial charge is 0.0237 e. The Bertz CT molecular complexity index is 429. The van der Waals surface area contributed by atoms with Crippen LogP contribution >= 0.6 is 0 Å². The lowest BCUT2D eigenvalue weighted by atomic mass is 9.96. The third kappa shape index (κ3) is 3.01. The topological polar surface area (TPSA) is 6.48 Å². The molecule has 0 saturated carbocycles. The Morgan fingerprint density at radius 2 is 2.11 bits per heavy atom. The van der Waals surface area contributed by atoms with E-state index in [1.165, 1.54) is 50.0 Å². The summed E-state index contributed by atoms with van der Waals surface area (Å²) in [6, 6.07) is 10.5. The van der Waals surface area contributed by atoms with Gasteiger partial charge in [-0.25, -0.2) is 0 Å². The lowest BCUT2D eigenvalue weighted by Gasteiger charge is -2.47. The van der Waals surface area contributed by atoms with Crippen LogP contribution in [0.3, 0.4) is 0 Å². The van der Waals surface area contributed by atoms with Crippen LogP contribution in [0.1, 0.15) is 37.3 Å². The van der Waals surface area contributed by atoms with E-state index in [1.807, 2.05) is 0 Å². The average molecular weight is 258 g/mol. The summed E-state index contributed by atoms with van der Waals surface area (Å²) in [6.45, 7) is 9.54. The quantitative estimate of drug-likeness (QED) is 0.804. The molecule has 0 radical (unpaired) electrons. The van der Waals surface area contributed by atoms with Crippen molar-refractivity contribution < 1.29 is 0 Å². The first kappa shape index (κ1) is 13.1. The molecule has 0 spiro atoms. The summed E-state index contributed by atoms with van der Waals surface area (Å²) in [5.41, 5.74) is 2.84. The van der Waals surface area contributed by atoms with Crippen molar-refractivity contribution in [2.75, 3.05) is 19.6 Å². The fraction of sp³-hybridized carbons (Fsp3) is 0.647. The summed E-state index contributed by atoms with van der Waals surface area (Å²) in [4.78, 5) is 5.40. The van der Waals surface area contributed by atoms with E-state index < -0.39 is 0 Å². The Morgan fingerprint density at radius 3 is 2.95 bits per heavy atom. The van der Waals surface area contributed by atoms with Gasteiger partial charge in [-0.15, -0.1) is 0 Å². The van der Waals surface area contributed by atoms with Crippen molar-refractivity contribution in [2.45, 2.75) is 51.7 Å². The molecule has 2 nitrogen and oxygen atoms in total. The number of piperazine rings is 1. The molecule has 2 heterocycles. The van der Waals surface area contributed by atoms with Crippen molar-refractivity contribution in [1.82, 2.24) is 9.80 Å². The molecule has 2 aliphatic rings. The minimum absolute atomic E-state index is 0.690. The third-order valence-electron chi connectivity index (χ3n) is 4.78. The Balaban J connectivity index is 1.67. The second-order valence-electron chi connectivity index (χ2n) is 6.41. The van der Waals surface area contributed by atoms with Gasteiger partial charge < -0.3 is 0 Å². The molecular weight excluding hydrogens is 232 g/mol. The zero-order valence-electron chi connectivity index (χ0n) is 12.3. The largest absolute Gasteiger partial charge is 0.298 e. The summed E-state index contributed by atoms with van der Waals surface area (Å²) in [5.74, 6) is 0. The van der Waals surface area contributed by atoms with Crippen LogP contribution in [0, 0.1) is 6.92 Å². The molecule has 1 aromatic rings. The molecule has 0 amide bonds. The van der Waals surface area contributed by atoms with Gasteiger partial charge in [-0.05, 0) is 38.8 Å². The van der Waals surface area contributed by atoms with Gasteiger partial charge in [0, 0.05) is 31.7 Å². The molecule has 2 unspecified atom stereocenters. The molecular formula is C17H26N2. The highest BCUT2D eigenvalue weighted by molar-refractivity contribution is 5.22. The summed E-state index contributed by atoms with van der Waals surface area (Å²) < 4.78 is 0. The van der Waals surface area contributed by atoms with Gasteiger partial charge in [0.05, 0.1) is 0 Å². The van der Waals surface area contributed by atoms with Crippen LogP contribution in [0.2, 0.25) is 0 Å². The fourth-order valence-electron chi connectivity index (χ4n) is 3.68. The number of nitrogens with zero attached hydrogens (tertiary/aromatic N) is 2. The van der Waals surface area contributed by atoms with Crippen molar-refractivity contribution in [1.29, 1.82) is 0 Å². The number of rotatable bonds is 2. The van der Waals surface area contributed by atoms with Crippen LogP contribution in [0.4, 0.5) is 0 Å². The van der Waals surface area contributed by atoms with E-state index in [4.69, 9.17) is 0 Å². The summed E-state index contributed by atoms with van der Waals surface area (Å²) in [7, 11) is 0. The zero-order valence-corrected chi connectivity index (χ0v) is 12.3. The fourth-order valence-corrected chi connectivity index (χ4v) is 3.68. The second kappa shape index (κ2) is 5.64. The van der Waals surface area contributed by atoms with Crippen molar-refractivity contribution >= 4 is 0 Å². The van der Waals surface area contributed by atoms with E-state index >= 15 is 0 Å². The maximum atomic E-state index is 2.72.